The van der Waals surface area contributed by atoms with E-state index in [9.17, 15) is 14.4 Å². The maximum atomic E-state index is 13.6. The van der Waals surface area contributed by atoms with Crippen molar-refractivity contribution in [3.63, 3.8) is 0 Å². The SMILES string of the molecule is O=C1C(=O)N(N(c2ccccc2)c2ccccc2)C(c2ccccc2)=C1C(=O)c1ccccc1. The third kappa shape index (κ3) is 3.69. The lowest BCUT2D eigenvalue weighted by molar-refractivity contribution is -0.139. The number of benzene rings is 4. The topological polar surface area (TPSA) is 57.7 Å². The number of Topliss-reactive ketones (excluding diaryl/α,β-unsaturated/α-hetero) is 2. The molecule has 1 aliphatic heterocycles. The van der Waals surface area contributed by atoms with Gasteiger partial charge in [0.25, 0.3) is 5.78 Å². The summed E-state index contributed by atoms with van der Waals surface area (Å²) in [6.07, 6.45) is 0. The van der Waals surface area contributed by atoms with Gasteiger partial charge in [-0.3, -0.25) is 14.4 Å². The zero-order valence-corrected chi connectivity index (χ0v) is 18.2. The lowest BCUT2D eigenvalue weighted by Gasteiger charge is -2.35. The summed E-state index contributed by atoms with van der Waals surface area (Å²) in [6.45, 7) is 0. The fourth-order valence-corrected chi connectivity index (χ4v) is 4.03. The molecule has 0 unspecified atom stereocenters. The summed E-state index contributed by atoms with van der Waals surface area (Å²) < 4.78 is 0. The van der Waals surface area contributed by atoms with Crippen LogP contribution < -0.4 is 5.01 Å². The Morgan fingerprint density at radius 1 is 0.588 bits per heavy atom. The lowest BCUT2D eigenvalue weighted by atomic mass is 9.97. The summed E-state index contributed by atoms with van der Waals surface area (Å²) in [7, 11) is 0. The van der Waals surface area contributed by atoms with Gasteiger partial charge in [0, 0.05) is 11.1 Å². The van der Waals surface area contributed by atoms with E-state index in [2.05, 4.69) is 0 Å². The van der Waals surface area contributed by atoms with Gasteiger partial charge in [-0.25, -0.2) is 10.0 Å². The van der Waals surface area contributed by atoms with E-state index in [1.54, 1.807) is 47.5 Å². The highest BCUT2D eigenvalue weighted by Crippen LogP contribution is 2.39. The predicted molar refractivity (Wildman–Crippen MR) is 131 cm³/mol. The Kier molecular flexibility index (Phi) is 5.58. The van der Waals surface area contributed by atoms with E-state index in [1.807, 2.05) is 78.9 Å². The van der Waals surface area contributed by atoms with Gasteiger partial charge in [-0.2, -0.15) is 0 Å². The van der Waals surface area contributed by atoms with Crippen LogP contribution in [0.3, 0.4) is 0 Å². The Morgan fingerprint density at radius 3 is 1.53 bits per heavy atom. The number of hydrazine groups is 1. The molecule has 1 aliphatic rings. The number of nitrogens with zero attached hydrogens (tertiary/aromatic N) is 2. The smallest absolute Gasteiger partial charge is 0.288 e. The van der Waals surface area contributed by atoms with Crippen LogP contribution in [0.15, 0.2) is 127 Å². The van der Waals surface area contributed by atoms with Crippen molar-refractivity contribution in [3.05, 3.63) is 138 Å². The number of hydrogen-bond acceptors (Lipinski definition) is 4. The Bertz CT molecular complexity index is 1340. The highest BCUT2D eigenvalue weighted by Gasteiger charge is 2.45. The summed E-state index contributed by atoms with van der Waals surface area (Å²) in [6, 6.07) is 36.2. The van der Waals surface area contributed by atoms with Gasteiger partial charge in [0.2, 0.25) is 0 Å². The minimum absolute atomic E-state index is 0.140. The molecule has 0 bridgehead atoms. The van der Waals surface area contributed by atoms with Crippen LogP contribution in [-0.2, 0) is 9.59 Å². The Labute approximate surface area is 197 Å². The van der Waals surface area contributed by atoms with Gasteiger partial charge in [-0.05, 0) is 24.3 Å². The number of anilines is 2. The van der Waals surface area contributed by atoms with Gasteiger partial charge < -0.3 is 0 Å². The number of carbonyl (C=O) groups is 3. The van der Waals surface area contributed by atoms with Gasteiger partial charge in [0.15, 0.2) is 5.78 Å². The molecular weight excluding hydrogens is 424 g/mol. The molecule has 0 saturated heterocycles. The third-order valence-electron chi connectivity index (χ3n) is 5.57. The van der Waals surface area contributed by atoms with E-state index in [-0.39, 0.29) is 11.3 Å². The molecule has 1 heterocycles. The Hall–Kier alpha value is -4.77. The monoisotopic (exact) mass is 444 g/mol. The molecule has 1 amide bonds. The third-order valence-corrected chi connectivity index (χ3v) is 5.57. The van der Waals surface area contributed by atoms with E-state index >= 15 is 0 Å². The van der Waals surface area contributed by atoms with Gasteiger partial charge in [-0.15, -0.1) is 0 Å². The van der Waals surface area contributed by atoms with Gasteiger partial charge in [0.1, 0.15) is 5.57 Å². The molecule has 0 saturated carbocycles. The highest BCUT2D eigenvalue weighted by atomic mass is 16.2. The maximum Gasteiger partial charge on any atom is 0.318 e. The van der Waals surface area contributed by atoms with E-state index in [0.29, 0.717) is 22.5 Å². The second-order valence-electron chi connectivity index (χ2n) is 7.71. The van der Waals surface area contributed by atoms with Crippen LogP contribution in [0.25, 0.3) is 5.70 Å². The summed E-state index contributed by atoms with van der Waals surface area (Å²) >= 11 is 0. The van der Waals surface area contributed by atoms with Crippen LogP contribution in [0.5, 0.6) is 0 Å². The van der Waals surface area contributed by atoms with Crippen molar-refractivity contribution in [2.45, 2.75) is 0 Å². The second-order valence-corrected chi connectivity index (χ2v) is 7.71. The molecule has 5 nitrogen and oxygen atoms in total. The van der Waals surface area contributed by atoms with Crippen LogP contribution in [0.1, 0.15) is 15.9 Å². The largest absolute Gasteiger partial charge is 0.318 e. The quantitative estimate of drug-likeness (QED) is 0.226. The molecule has 0 aromatic heterocycles. The van der Waals surface area contributed by atoms with Crippen LogP contribution in [0, 0.1) is 0 Å². The fourth-order valence-electron chi connectivity index (χ4n) is 4.03. The molecule has 0 radical (unpaired) electrons. The van der Waals surface area contributed by atoms with E-state index in [0.717, 1.165) is 0 Å². The lowest BCUT2D eigenvalue weighted by Crippen LogP contribution is -2.41. The van der Waals surface area contributed by atoms with Gasteiger partial charge in [0.05, 0.1) is 17.1 Å². The zero-order chi connectivity index (χ0) is 23.5. The molecule has 5 heteroatoms. The minimum atomic E-state index is -0.829. The fraction of sp³-hybridized carbons (Fsp3) is 0. The number of ketones is 2. The molecule has 0 atom stereocenters. The van der Waals surface area contributed by atoms with Crippen molar-refractivity contribution in [2.75, 3.05) is 5.01 Å². The first-order valence-corrected chi connectivity index (χ1v) is 10.8. The second kappa shape index (κ2) is 9.00. The number of hydrogen-bond donors (Lipinski definition) is 0. The average molecular weight is 444 g/mol. The molecule has 5 rings (SSSR count). The molecule has 4 aromatic rings. The van der Waals surface area contributed by atoms with Crippen molar-refractivity contribution in [1.82, 2.24) is 5.01 Å². The maximum absolute atomic E-state index is 13.6. The van der Waals surface area contributed by atoms with Gasteiger partial charge >= 0.3 is 5.91 Å². The average Bonchev–Trinajstić information content (AvgIpc) is 3.16. The Morgan fingerprint density at radius 2 is 1.03 bits per heavy atom. The molecule has 0 spiro atoms. The molecular formula is C29H20N2O3. The first kappa shape index (κ1) is 21.1. The molecule has 4 aromatic carbocycles. The van der Waals surface area contributed by atoms with Crippen LogP contribution in [0.2, 0.25) is 0 Å². The number of rotatable bonds is 6. The molecule has 34 heavy (non-hydrogen) atoms. The molecule has 164 valence electrons. The van der Waals surface area contributed by atoms with Crippen molar-refractivity contribution >= 4 is 34.5 Å². The molecule has 0 aliphatic carbocycles. The zero-order valence-electron chi connectivity index (χ0n) is 18.2. The van der Waals surface area contributed by atoms with Crippen molar-refractivity contribution < 1.29 is 14.4 Å². The number of amides is 1. The van der Waals surface area contributed by atoms with Crippen molar-refractivity contribution in [2.24, 2.45) is 0 Å². The predicted octanol–water partition coefficient (Wildman–Crippen LogP) is 5.45. The van der Waals surface area contributed by atoms with Gasteiger partial charge in [-0.1, -0.05) is 97.1 Å². The van der Waals surface area contributed by atoms with Crippen LogP contribution in [0.4, 0.5) is 11.4 Å². The number of para-hydroxylation sites is 2. The van der Waals surface area contributed by atoms with E-state index < -0.39 is 17.5 Å². The summed E-state index contributed by atoms with van der Waals surface area (Å²) in [4.78, 5) is 40.5. The standard InChI is InChI=1S/C29H20N2O3/c32-27(22-15-7-2-8-16-22)25-26(21-13-5-1-6-14-21)31(29(34)28(25)33)30(23-17-9-3-10-18-23)24-19-11-4-12-20-24/h1-20H. The first-order valence-electron chi connectivity index (χ1n) is 10.8. The first-order chi connectivity index (χ1) is 16.7. The van der Waals surface area contributed by atoms with Crippen molar-refractivity contribution in [3.8, 4) is 0 Å². The van der Waals surface area contributed by atoms with E-state index in [4.69, 9.17) is 0 Å². The Balaban J connectivity index is 1.77. The molecule has 0 N–H and O–H groups in total. The van der Waals surface area contributed by atoms with Crippen LogP contribution >= 0.6 is 0 Å². The van der Waals surface area contributed by atoms with Crippen molar-refractivity contribution in [1.29, 1.82) is 0 Å². The highest BCUT2D eigenvalue weighted by molar-refractivity contribution is 6.56. The minimum Gasteiger partial charge on any atom is -0.288 e. The van der Waals surface area contributed by atoms with Crippen LogP contribution in [-0.4, -0.2) is 22.5 Å². The number of carbonyl (C=O) groups excluding carboxylic acids is 3. The summed E-state index contributed by atoms with van der Waals surface area (Å²) in [5, 5.41) is 2.99. The molecule has 0 fully saturated rings. The normalized spacial score (nSPS) is 13.4. The summed E-state index contributed by atoms with van der Waals surface area (Å²) in [5.41, 5.74) is 2.42. The summed E-state index contributed by atoms with van der Waals surface area (Å²) in [5.74, 6) is -2.10. The van der Waals surface area contributed by atoms with E-state index in [1.165, 1.54) is 5.01 Å².